The SMILES string of the molecule is CC.CN(Cc1ccccc1)c1ccc(C(O)(C(F)F)C(F)(F)F)cc1. The molecule has 7 heteroatoms. The van der Waals surface area contributed by atoms with E-state index in [1.807, 2.05) is 44.2 Å². The van der Waals surface area contributed by atoms with Crippen molar-refractivity contribution in [3.63, 3.8) is 0 Å². The summed E-state index contributed by atoms with van der Waals surface area (Å²) < 4.78 is 64.2. The second-order valence-corrected chi connectivity index (χ2v) is 5.45. The second kappa shape index (κ2) is 8.98. The molecule has 1 N–H and O–H groups in total. The van der Waals surface area contributed by atoms with Gasteiger partial charge in [0.15, 0.2) is 0 Å². The quantitative estimate of drug-likeness (QED) is 0.711. The van der Waals surface area contributed by atoms with Gasteiger partial charge in [-0.05, 0) is 23.3 Å². The van der Waals surface area contributed by atoms with Gasteiger partial charge in [-0.3, -0.25) is 0 Å². The summed E-state index contributed by atoms with van der Waals surface area (Å²) in [6.07, 6.45) is -9.45. The molecule has 1 atom stereocenters. The molecule has 0 aromatic heterocycles. The lowest BCUT2D eigenvalue weighted by Crippen LogP contribution is -2.48. The Bertz CT molecular complexity index is 658. The maximum absolute atomic E-state index is 12.8. The molecule has 0 fully saturated rings. The standard InChI is InChI=1S/C17H16F5NO.C2H6/c1-23(11-12-5-3-2-4-6-12)14-9-7-13(8-10-14)16(24,15(18)19)17(20,21)22;1-2/h2-10,15,24H,11H2,1H3;1-2H3. The van der Waals surface area contributed by atoms with Crippen molar-refractivity contribution in [2.24, 2.45) is 0 Å². The average molecular weight is 375 g/mol. The van der Waals surface area contributed by atoms with E-state index in [4.69, 9.17) is 0 Å². The van der Waals surface area contributed by atoms with E-state index >= 15 is 0 Å². The fourth-order valence-electron chi connectivity index (χ4n) is 2.33. The van der Waals surface area contributed by atoms with Gasteiger partial charge in [0.1, 0.15) is 0 Å². The Kier molecular flexibility index (Phi) is 7.56. The van der Waals surface area contributed by atoms with Gasteiger partial charge >= 0.3 is 6.18 Å². The van der Waals surface area contributed by atoms with Crippen LogP contribution in [0.3, 0.4) is 0 Å². The van der Waals surface area contributed by atoms with Crippen LogP contribution in [0.4, 0.5) is 27.6 Å². The highest BCUT2D eigenvalue weighted by molar-refractivity contribution is 5.48. The van der Waals surface area contributed by atoms with Crippen molar-refractivity contribution in [1.29, 1.82) is 0 Å². The van der Waals surface area contributed by atoms with E-state index < -0.39 is 23.8 Å². The number of nitrogens with zero attached hydrogens (tertiary/aromatic N) is 1. The third-order valence-corrected chi connectivity index (χ3v) is 3.76. The molecule has 144 valence electrons. The van der Waals surface area contributed by atoms with Gasteiger partial charge in [0.25, 0.3) is 6.43 Å². The first-order chi connectivity index (χ1) is 12.2. The Labute approximate surface area is 149 Å². The van der Waals surface area contributed by atoms with Gasteiger partial charge in [0.2, 0.25) is 5.60 Å². The minimum absolute atomic E-state index is 0.499. The predicted octanol–water partition coefficient (Wildman–Crippen LogP) is 5.36. The van der Waals surface area contributed by atoms with Crippen molar-refractivity contribution in [2.45, 2.75) is 38.6 Å². The van der Waals surface area contributed by atoms with E-state index in [-0.39, 0.29) is 0 Å². The number of anilines is 1. The van der Waals surface area contributed by atoms with E-state index in [1.54, 1.807) is 11.9 Å². The molecule has 0 bridgehead atoms. The van der Waals surface area contributed by atoms with Crippen LogP contribution in [0.25, 0.3) is 0 Å². The number of halogens is 5. The first-order valence-corrected chi connectivity index (χ1v) is 8.09. The van der Waals surface area contributed by atoms with Crippen molar-refractivity contribution in [1.82, 2.24) is 0 Å². The van der Waals surface area contributed by atoms with Gasteiger partial charge in [-0.1, -0.05) is 56.3 Å². The van der Waals surface area contributed by atoms with Crippen LogP contribution >= 0.6 is 0 Å². The van der Waals surface area contributed by atoms with E-state index in [9.17, 15) is 27.1 Å². The molecule has 2 aromatic carbocycles. The molecule has 0 aliphatic heterocycles. The van der Waals surface area contributed by atoms with Crippen LogP contribution in [0, 0.1) is 0 Å². The Morgan fingerprint density at radius 2 is 1.42 bits per heavy atom. The van der Waals surface area contributed by atoms with E-state index in [1.165, 1.54) is 12.1 Å². The summed E-state index contributed by atoms with van der Waals surface area (Å²) >= 11 is 0. The second-order valence-electron chi connectivity index (χ2n) is 5.45. The Morgan fingerprint density at radius 1 is 0.923 bits per heavy atom. The van der Waals surface area contributed by atoms with Gasteiger partial charge in [-0.15, -0.1) is 0 Å². The number of benzene rings is 2. The molecule has 2 rings (SSSR count). The Hall–Kier alpha value is -2.15. The lowest BCUT2D eigenvalue weighted by atomic mass is 9.93. The van der Waals surface area contributed by atoms with Crippen LogP contribution in [0.2, 0.25) is 0 Å². The molecular weight excluding hydrogens is 353 g/mol. The molecule has 26 heavy (non-hydrogen) atoms. The zero-order valence-corrected chi connectivity index (χ0v) is 14.8. The van der Waals surface area contributed by atoms with Gasteiger partial charge in [0, 0.05) is 19.3 Å². The molecule has 2 aromatic rings. The fourth-order valence-corrected chi connectivity index (χ4v) is 2.33. The molecular formula is C19H22F5NO. The zero-order valence-electron chi connectivity index (χ0n) is 14.8. The minimum atomic E-state index is -5.47. The smallest absolute Gasteiger partial charge is 0.372 e. The summed E-state index contributed by atoms with van der Waals surface area (Å²) in [5.41, 5.74) is -3.53. The van der Waals surface area contributed by atoms with E-state index in [0.717, 1.165) is 17.7 Å². The molecule has 0 aliphatic rings. The first kappa shape index (κ1) is 21.9. The predicted molar refractivity (Wildman–Crippen MR) is 92.3 cm³/mol. The highest BCUT2D eigenvalue weighted by Crippen LogP contribution is 2.43. The number of rotatable bonds is 5. The Balaban J connectivity index is 0.00000163. The molecule has 0 amide bonds. The minimum Gasteiger partial charge on any atom is -0.372 e. The average Bonchev–Trinajstić information content (AvgIpc) is 2.62. The van der Waals surface area contributed by atoms with Crippen LogP contribution < -0.4 is 4.90 Å². The number of alkyl halides is 5. The van der Waals surface area contributed by atoms with Crippen molar-refractivity contribution in [3.05, 3.63) is 65.7 Å². The summed E-state index contributed by atoms with van der Waals surface area (Å²) in [5.74, 6) is 0. The third-order valence-electron chi connectivity index (χ3n) is 3.76. The number of aliphatic hydroxyl groups is 1. The van der Waals surface area contributed by atoms with E-state index in [0.29, 0.717) is 12.2 Å². The molecule has 0 spiro atoms. The molecule has 0 radical (unpaired) electrons. The maximum atomic E-state index is 12.8. The highest BCUT2D eigenvalue weighted by atomic mass is 19.4. The lowest BCUT2D eigenvalue weighted by molar-refractivity contribution is -0.305. The third kappa shape index (κ3) is 4.72. The van der Waals surface area contributed by atoms with Crippen molar-refractivity contribution >= 4 is 5.69 Å². The van der Waals surface area contributed by atoms with Gasteiger partial charge in [0.05, 0.1) is 0 Å². The van der Waals surface area contributed by atoms with Crippen LogP contribution in [-0.2, 0) is 12.1 Å². The van der Waals surface area contributed by atoms with Crippen molar-refractivity contribution < 1.29 is 27.1 Å². The van der Waals surface area contributed by atoms with Crippen LogP contribution in [-0.4, -0.2) is 24.8 Å². The summed E-state index contributed by atoms with van der Waals surface area (Å²) in [6.45, 7) is 4.50. The van der Waals surface area contributed by atoms with Crippen molar-refractivity contribution in [2.75, 3.05) is 11.9 Å². The maximum Gasteiger partial charge on any atom is 0.427 e. The van der Waals surface area contributed by atoms with Gasteiger partial charge in [-0.2, -0.15) is 13.2 Å². The molecule has 0 heterocycles. The fraction of sp³-hybridized carbons (Fsp3) is 0.368. The molecule has 1 unspecified atom stereocenters. The Morgan fingerprint density at radius 3 is 1.85 bits per heavy atom. The first-order valence-electron chi connectivity index (χ1n) is 8.09. The van der Waals surface area contributed by atoms with Crippen LogP contribution in [0.5, 0.6) is 0 Å². The molecule has 0 saturated carbocycles. The topological polar surface area (TPSA) is 23.5 Å². The summed E-state index contributed by atoms with van der Waals surface area (Å²) in [5, 5.41) is 9.47. The van der Waals surface area contributed by atoms with E-state index in [2.05, 4.69) is 0 Å². The van der Waals surface area contributed by atoms with Crippen LogP contribution in [0.1, 0.15) is 25.0 Å². The zero-order chi connectivity index (χ0) is 20.0. The molecule has 2 nitrogen and oxygen atoms in total. The number of hydrogen-bond donors (Lipinski definition) is 1. The highest BCUT2D eigenvalue weighted by Gasteiger charge is 2.61. The monoisotopic (exact) mass is 375 g/mol. The van der Waals surface area contributed by atoms with Gasteiger partial charge < -0.3 is 10.0 Å². The summed E-state index contributed by atoms with van der Waals surface area (Å²) in [6, 6.07) is 13.7. The lowest BCUT2D eigenvalue weighted by Gasteiger charge is -2.30. The number of hydrogen-bond acceptors (Lipinski definition) is 2. The van der Waals surface area contributed by atoms with Gasteiger partial charge in [-0.25, -0.2) is 8.78 Å². The normalized spacial score (nSPS) is 13.6. The van der Waals surface area contributed by atoms with Crippen molar-refractivity contribution in [3.8, 4) is 0 Å². The molecule has 0 saturated heterocycles. The summed E-state index contributed by atoms with van der Waals surface area (Å²) in [4.78, 5) is 1.76. The molecule has 0 aliphatic carbocycles. The van der Waals surface area contributed by atoms with Crippen LogP contribution in [0.15, 0.2) is 54.6 Å². The largest absolute Gasteiger partial charge is 0.427 e. The summed E-state index contributed by atoms with van der Waals surface area (Å²) in [7, 11) is 1.73.